The molecule has 1 fully saturated rings. The SMILES string of the molecule is Fc1cccc2c1SC1(CCCCC1)C2. The summed E-state index contributed by atoms with van der Waals surface area (Å²) in [6, 6.07) is 5.53. The van der Waals surface area contributed by atoms with Gasteiger partial charge in [0.1, 0.15) is 5.82 Å². The van der Waals surface area contributed by atoms with E-state index in [1.54, 1.807) is 6.07 Å². The fourth-order valence-corrected chi connectivity index (χ4v) is 4.47. The molecule has 0 saturated heterocycles. The summed E-state index contributed by atoms with van der Waals surface area (Å²) in [5.41, 5.74) is 1.24. The molecule has 0 N–H and O–H groups in total. The van der Waals surface area contributed by atoms with E-state index in [4.69, 9.17) is 0 Å². The highest BCUT2D eigenvalue weighted by molar-refractivity contribution is 8.01. The Morgan fingerprint density at radius 3 is 2.67 bits per heavy atom. The molecule has 1 saturated carbocycles. The van der Waals surface area contributed by atoms with Gasteiger partial charge in [-0.3, -0.25) is 0 Å². The molecule has 0 amide bonds. The smallest absolute Gasteiger partial charge is 0.137 e. The molecule has 1 aliphatic carbocycles. The van der Waals surface area contributed by atoms with Gasteiger partial charge in [-0.2, -0.15) is 0 Å². The lowest BCUT2D eigenvalue weighted by Gasteiger charge is -2.32. The number of thioether (sulfide) groups is 1. The van der Waals surface area contributed by atoms with Crippen molar-refractivity contribution in [3.63, 3.8) is 0 Å². The molecule has 15 heavy (non-hydrogen) atoms. The quantitative estimate of drug-likeness (QED) is 0.634. The van der Waals surface area contributed by atoms with Crippen molar-refractivity contribution in [1.29, 1.82) is 0 Å². The van der Waals surface area contributed by atoms with Crippen molar-refractivity contribution in [2.24, 2.45) is 0 Å². The van der Waals surface area contributed by atoms with Crippen LogP contribution in [0.15, 0.2) is 23.1 Å². The van der Waals surface area contributed by atoms with Crippen LogP contribution in [0, 0.1) is 5.82 Å². The van der Waals surface area contributed by atoms with E-state index in [1.165, 1.54) is 37.7 Å². The van der Waals surface area contributed by atoms with Crippen molar-refractivity contribution in [1.82, 2.24) is 0 Å². The van der Waals surface area contributed by atoms with Crippen LogP contribution in [0.2, 0.25) is 0 Å². The molecule has 0 atom stereocenters. The van der Waals surface area contributed by atoms with Crippen molar-refractivity contribution < 1.29 is 4.39 Å². The Kier molecular flexibility index (Phi) is 2.27. The first-order valence-electron chi connectivity index (χ1n) is 5.76. The van der Waals surface area contributed by atoms with E-state index < -0.39 is 0 Å². The molecular weight excluding hydrogens is 207 g/mol. The highest BCUT2D eigenvalue weighted by Crippen LogP contribution is 2.53. The molecule has 0 bridgehead atoms. The average molecular weight is 222 g/mol. The van der Waals surface area contributed by atoms with E-state index in [2.05, 4.69) is 6.07 Å². The summed E-state index contributed by atoms with van der Waals surface area (Å²) in [5.74, 6) is -0.0139. The zero-order valence-corrected chi connectivity index (χ0v) is 9.58. The monoisotopic (exact) mass is 222 g/mol. The third-order valence-electron chi connectivity index (χ3n) is 3.64. The number of rotatable bonds is 0. The van der Waals surface area contributed by atoms with Gasteiger partial charge in [-0.05, 0) is 30.9 Å². The summed E-state index contributed by atoms with van der Waals surface area (Å²) in [5, 5.41) is 0. The first-order valence-corrected chi connectivity index (χ1v) is 6.57. The third kappa shape index (κ3) is 1.59. The molecule has 0 aromatic heterocycles. The van der Waals surface area contributed by atoms with Gasteiger partial charge in [-0.25, -0.2) is 4.39 Å². The van der Waals surface area contributed by atoms with E-state index in [9.17, 15) is 4.39 Å². The Labute approximate surface area is 94.3 Å². The maximum Gasteiger partial charge on any atom is 0.137 e. The highest BCUT2D eigenvalue weighted by atomic mass is 32.2. The first kappa shape index (κ1) is 9.71. The number of fused-ring (bicyclic) bond motifs is 1. The van der Waals surface area contributed by atoms with Crippen molar-refractivity contribution in [2.75, 3.05) is 0 Å². The van der Waals surface area contributed by atoms with Gasteiger partial charge in [0.2, 0.25) is 0 Å². The van der Waals surface area contributed by atoms with Crippen molar-refractivity contribution in [3.05, 3.63) is 29.6 Å². The molecule has 1 aliphatic heterocycles. The fourth-order valence-electron chi connectivity index (χ4n) is 2.88. The van der Waals surface area contributed by atoms with Crippen LogP contribution in [0.3, 0.4) is 0 Å². The van der Waals surface area contributed by atoms with Crippen LogP contribution in [-0.4, -0.2) is 4.75 Å². The zero-order valence-electron chi connectivity index (χ0n) is 8.76. The van der Waals surface area contributed by atoms with Crippen molar-refractivity contribution in [2.45, 2.75) is 48.2 Å². The summed E-state index contributed by atoms with van der Waals surface area (Å²) in [6.45, 7) is 0. The number of hydrogen-bond acceptors (Lipinski definition) is 1. The van der Waals surface area contributed by atoms with Gasteiger partial charge in [-0.15, -0.1) is 11.8 Å². The highest BCUT2D eigenvalue weighted by Gasteiger charge is 2.40. The molecule has 1 heterocycles. The molecule has 0 radical (unpaired) electrons. The average Bonchev–Trinajstić information content (AvgIpc) is 2.59. The molecule has 1 aromatic rings. The van der Waals surface area contributed by atoms with Crippen LogP contribution in [-0.2, 0) is 6.42 Å². The van der Waals surface area contributed by atoms with Crippen molar-refractivity contribution in [3.8, 4) is 0 Å². The van der Waals surface area contributed by atoms with Gasteiger partial charge >= 0.3 is 0 Å². The van der Waals surface area contributed by atoms with Gasteiger partial charge in [0, 0.05) is 9.64 Å². The summed E-state index contributed by atoms with van der Waals surface area (Å²) >= 11 is 1.81. The van der Waals surface area contributed by atoms with Crippen LogP contribution in [0.1, 0.15) is 37.7 Å². The second-order valence-electron chi connectivity index (χ2n) is 4.75. The number of halogens is 1. The summed E-state index contributed by atoms with van der Waals surface area (Å²) in [6.07, 6.45) is 7.63. The number of hydrogen-bond donors (Lipinski definition) is 0. The van der Waals surface area contributed by atoms with Crippen LogP contribution < -0.4 is 0 Å². The fraction of sp³-hybridized carbons (Fsp3) is 0.538. The summed E-state index contributed by atoms with van der Waals surface area (Å²) in [4.78, 5) is 0.930. The van der Waals surface area contributed by atoms with E-state index in [0.29, 0.717) is 4.75 Å². The molecule has 2 aliphatic rings. The first-order chi connectivity index (χ1) is 7.29. The molecular formula is C13H15FS. The topological polar surface area (TPSA) is 0 Å². The van der Waals surface area contributed by atoms with Gasteiger partial charge < -0.3 is 0 Å². The van der Waals surface area contributed by atoms with Crippen LogP contribution in [0.25, 0.3) is 0 Å². The Hall–Kier alpha value is -0.500. The summed E-state index contributed by atoms with van der Waals surface area (Å²) in [7, 11) is 0. The standard InChI is InChI=1S/C13H15FS/c14-11-6-4-5-10-9-13(15-12(10)11)7-2-1-3-8-13/h4-6H,1-3,7-9H2. The lowest BCUT2D eigenvalue weighted by atomic mass is 9.84. The number of benzene rings is 1. The zero-order chi connectivity index (χ0) is 10.3. The van der Waals surface area contributed by atoms with E-state index in [-0.39, 0.29) is 5.82 Å². The third-order valence-corrected chi connectivity index (χ3v) is 5.29. The second-order valence-corrected chi connectivity index (χ2v) is 6.23. The minimum atomic E-state index is -0.0139. The van der Waals surface area contributed by atoms with Crippen molar-refractivity contribution >= 4 is 11.8 Å². The second kappa shape index (κ2) is 3.51. The lowest BCUT2D eigenvalue weighted by Crippen LogP contribution is -2.26. The molecule has 80 valence electrons. The minimum absolute atomic E-state index is 0.0139. The van der Waals surface area contributed by atoms with Gasteiger partial charge in [0.05, 0.1) is 0 Å². The minimum Gasteiger partial charge on any atom is -0.206 e. The van der Waals surface area contributed by atoms with Gasteiger partial charge in [0.15, 0.2) is 0 Å². The van der Waals surface area contributed by atoms with E-state index in [0.717, 1.165) is 11.3 Å². The maximum atomic E-state index is 13.6. The predicted molar refractivity (Wildman–Crippen MR) is 61.8 cm³/mol. The van der Waals surface area contributed by atoms with E-state index in [1.807, 2.05) is 17.8 Å². The van der Waals surface area contributed by atoms with Crippen LogP contribution in [0.4, 0.5) is 4.39 Å². The van der Waals surface area contributed by atoms with Gasteiger partial charge in [-0.1, -0.05) is 31.4 Å². The van der Waals surface area contributed by atoms with Gasteiger partial charge in [0.25, 0.3) is 0 Å². The Bertz CT molecular complexity index is 380. The Balaban J connectivity index is 1.94. The van der Waals surface area contributed by atoms with E-state index >= 15 is 0 Å². The Morgan fingerprint density at radius 1 is 1.13 bits per heavy atom. The molecule has 2 heteroatoms. The predicted octanol–water partition coefficient (Wildman–Crippen LogP) is 4.18. The largest absolute Gasteiger partial charge is 0.206 e. The van der Waals surface area contributed by atoms with Crippen LogP contribution in [0.5, 0.6) is 0 Å². The molecule has 1 spiro atoms. The Morgan fingerprint density at radius 2 is 1.93 bits per heavy atom. The van der Waals surface area contributed by atoms with Crippen LogP contribution >= 0.6 is 11.8 Å². The normalized spacial score (nSPS) is 23.0. The molecule has 0 unspecified atom stereocenters. The molecule has 1 aromatic carbocycles. The maximum absolute atomic E-state index is 13.6. The molecule has 3 rings (SSSR count). The summed E-state index contributed by atoms with van der Waals surface area (Å²) < 4.78 is 14.0. The lowest BCUT2D eigenvalue weighted by molar-refractivity contribution is 0.400. The molecule has 0 nitrogen and oxygen atoms in total.